The van der Waals surface area contributed by atoms with Crippen molar-refractivity contribution < 1.29 is 4.79 Å². The van der Waals surface area contributed by atoms with Crippen molar-refractivity contribution in [2.24, 2.45) is 17.6 Å². The van der Waals surface area contributed by atoms with Crippen molar-refractivity contribution in [3.8, 4) is 0 Å². The minimum Gasteiger partial charge on any atom is -0.341 e. The van der Waals surface area contributed by atoms with Crippen LogP contribution < -0.4 is 5.73 Å². The van der Waals surface area contributed by atoms with Crippen molar-refractivity contribution in [3.05, 3.63) is 18.7 Å². The molecule has 0 spiro atoms. The maximum Gasteiger partial charge on any atom is 0.241 e. The number of carbonyl (C=O) groups is 1. The molecule has 1 atom stereocenters. The predicted octanol–water partition coefficient (Wildman–Crippen LogP) is 1.21. The van der Waals surface area contributed by atoms with Gasteiger partial charge in [-0.15, -0.1) is 12.4 Å². The molecule has 0 bridgehead atoms. The van der Waals surface area contributed by atoms with Crippen molar-refractivity contribution >= 4 is 18.3 Å². The maximum atomic E-state index is 12.5. The highest BCUT2D eigenvalue weighted by Crippen LogP contribution is 2.32. The summed E-state index contributed by atoms with van der Waals surface area (Å²) in [6, 6.07) is -0.468. The van der Waals surface area contributed by atoms with Crippen LogP contribution >= 0.6 is 12.4 Å². The number of rotatable bonds is 4. The van der Waals surface area contributed by atoms with Gasteiger partial charge < -0.3 is 20.1 Å². The molecule has 3 rings (SSSR count). The van der Waals surface area contributed by atoms with E-state index in [4.69, 9.17) is 5.73 Å². The molecule has 6 nitrogen and oxygen atoms in total. The van der Waals surface area contributed by atoms with Gasteiger partial charge in [-0.05, 0) is 57.7 Å². The zero-order valence-electron chi connectivity index (χ0n) is 14.5. The van der Waals surface area contributed by atoms with Gasteiger partial charge in [0.2, 0.25) is 5.91 Å². The third-order valence-electron chi connectivity index (χ3n) is 5.57. The lowest BCUT2D eigenvalue weighted by molar-refractivity contribution is -0.134. The molecular weight excluding hydrogens is 326 g/mol. The normalized spacial score (nSPS) is 22.2. The third kappa shape index (κ3) is 4.71. The molecule has 136 valence electrons. The molecule has 2 aliphatic heterocycles. The Labute approximate surface area is 150 Å². The first-order chi connectivity index (χ1) is 11.1. The van der Waals surface area contributed by atoms with E-state index in [1.54, 1.807) is 12.5 Å². The molecule has 3 heterocycles. The highest BCUT2D eigenvalue weighted by Gasteiger charge is 2.31. The fourth-order valence-corrected chi connectivity index (χ4v) is 4.03. The van der Waals surface area contributed by atoms with Crippen LogP contribution in [-0.4, -0.2) is 64.5 Å². The Morgan fingerprint density at radius 3 is 2.29 bits per heavy atom. The minimum atomic E-state index is -0.468. The second kappa shape index (κ2) is 8.83. The summed E-state index contributed by atoms with van der Waals surface area (Å²) in [5, 5.41) is 0. The Hall–Kier alpha value is -1.11. The Morgan fingerprint density at radius 2 is 1.75 bits per heavy atom. The van der Waals surface area contributed by atoms with E-state index in [0.29, 0.717) is 6.54 Å². The highest BCUT2D eigenvalue weighted by molar-refractivity contribution is 5.85. The summed E-state index contributed by atoms with van der Waals surface area (Å²) in [7, 11) is 2.21. The van der Waals surface area contributed by atoms with Gasteiger partial charge in [0.1, 0.15) is 6.04 Å². The molecule has 1 aromatic heterocycles. The van der Waals surface area contributed by atoms with Gasteiger partial charge in [0.25, 0.3) is 0 Å². The molecule has 1 aromatic rings. The first-order valence-electron chi connectivity index (χ1n) is 8.82. The monoisotopic (exact) mass is 355 g/mol. The van der Waals surface area contributed by atoms with Gasteiger partial charge in [0, 0.05) is 32.0 Å². The summed E-state index contributed by atoms with van der Waals surface area (Å²) in [5.41, 5.74) is 6.09. The topological polar surface area (TPSA) is 67.4 Å². The Kier molecular flexibility index (Phi) is 7.07. The molecule has 2 aliphatic rings. The van der Waals surface area contributed by atoms with Crippen LogP contribution in [0.2, 0.25) is 0 Å². The SMILES string of the molecule is CN1CCC(C2CCN(C(=O)[C@H](N)Cn3ccnc3)CC2)CC1.Cl. The fraction of sp³-hybridized carbons (Fsp3) is 0.765. The molecule has 0 radical (unpaired) electrons. The Balaban J connectivity index is 0.00000208. The van der Waals surface area contributed by atoms with Gasteiger partial charge in [0.15, 0.2) is 0 Å². The van der Waals surface area contributed by atoms with Crippen molar-refractivity contribution in [2.45, 2.75) is 38.3 Å². The first-order valence-corrected chi connectivity index (χ1v) is 8.82. The molecule has 2 fully saturated rings. The standard InChI is InChI=1S/C17H29N5O.ClH/c1-20-7-2-14(3-8-20)15-4-9-22(10-5-15)17(23)16(18)12-21-11-6-19-13-21;/h6,11,13-16H,2-5,7-10,12,18H2,1H3;1H/t16-;/m1./s1. The zero-order valence-corrected chi connectivity index (χ0v) is 15.3. The smallest absolute Gasteiger partial charge is 0.241 e. The molecule has 2 N–H and O–H groups in total. The molecule has 24 heavy (non-hydrogen) atoms. The number of piperidine rings is 2. The number of amides is 1. The van der Waals surface area contributed by atoms with E-state index in [9.17, 15) is 4.79 Å². The number of likely N-dealkylation sites (tertiary alicyclic amines) is 2. The molecule has 0 aliphatic carbocycles. The van der Waals surface area contributed by atoms with E-state index in [1.807, 2.05) is 15.7 Å². The maximum absolute atomic E-state index is 12.5. The van der Waals surface area contributed by atoms with Gasteiger partial charge in [-0.25, -0.2) is 4.98 Å². The summed E-state index contributed by atoms with van der Waals surface area (Å²) in [5.74, 6) is 1.72. The van der Waals surface area contributed by atoms with Gasteiger partial charge in [-0.3, -0.25) is 4.79 Å². The summed E-state index contributed by atoms with van der Waals surface area (Å²) >= 11 is 0. The van der Waals surface area contributed by atoms with Crippen LogP contribution in [0.4, 0.5) is 0 Å². The number of nitrogens with zero attached hydrogens (tertiary/aromatic N) is 4. The average molecular weight is 356 g/mol. The lowest BCUT2D eigenvalue weighted by atomic mass is 9.79. The largest absolute Gasteiger partial charge is 0.341 e. The number of aromatic nitrogens is 2. The summed E-state index contributed by atoms with van der Waals surface area (Å²) in [4.78, 5) is 20.9. The minimum absolute atomic E-state index is 0. The lowest BCUT2D eigenvalue weighted by Crippen LogP contribution is -2.49. The van der Waals surface area contributed by atoms with E-state index in [1.165, 1.54) is 25.9 Å². The number of carbonyl (C=O) groups excluding carboxylic acids is 1. The zero-order chi connectivity index (χ0) is 16.2. The number of nitrogens with two attached hydrogens (primary N) is 1. The molecule has 1 amide bonds. The second-order valence-electron chi connectivity index (χ2n) is 7.17. The van der Waals surface area contributed by atoms with Crippen LogP contribution in [-0.2, 0) is 11.3 Å². The quantitative estimate of drug-likeness (QED) is 0.881. The predicted molar refractivity (Wildman–Crippen MR) is 97.0 cm³/mol. The average Bonchev–Trinajstić information content (AvgIpc) is 3.08. The van der Waals surface area contributed by atoms with Crippen LogP contribution in [0.5, 0.6) is 0 Å². The molecule has 0 aromatic carbocycles. The second-order valence-corrected chi connectivity index (χ2v) is 7.17. The molecule has 7 heteroatoms. The van der Waals surface area contributed by atoms with Gasteiger partial charge in [-0.1, -0.05) is 0 Å². The van der Waals surface area contributed by atoms with Crippen LogP contribution in [0.15, 0.2) is 18.7 Å². The number of hydrogen-bond donors (Lipinski definition) is 1. The number of hydrogen-bond acceptors (Lipinski definition) is 4. The van der Waals surface area contributed by atoms with Gasteiger partial charge >= 0.3 is 0 Å². The Bertz CT molecular complexity index is 493. The highest BCUT2D eigenvalue weighted by atomic mass is 35.5. The molecule has 0 saturated carbocycles. The summed E-state index contributed by atoms with van der Waals surface area (Å²) in [6.45, 7) is 4.69. The van der Waals surface area contributed by atoms with Crippen molar-refractivity contribution in [1.82, 2.24) is 19.4 Å². The van der Waals surface area contributed by atoms with Crippen LogP contribution in [0.1, 0.15) is 25.7 Å². The van der Waals surface area contributed by atoms with E-state index < -0.39 is 6.04 Å². The van der Waals surface area contributed by atoms with Crippen LogP contribution in [0.25, 0.3) is 0 Å². The number of halogens is 1. The lowest BCUT2D eigenvalue weighted by Gasteiger charge is -2.40. The van der Waals surface area contributed by atoms with Gasteiger partial charge in [0.05, 0.1) is 6.33 Å². The van der Waals surface area contributed by atoms with E-state index in [0.717, 1.165) is 37.8 Å². The van der Waals surface area contributed by atoms with E-state index >= 15 is 0 Å². The van der Waals surface area contributed by atoms with Crippen LogP contribution in [0, 0.1) is 11.8 Å². The Morgan fingerprint density at radius 1 is 1.17 bits per heavy atom. The van der Waals surface area contributed by atoms with Gasteiger partial charge in [-0.2, -0.15) is 0 Å². The molecular formula is C17H30ClN5O. The fourth-order valence-electron chi connectivity index (χ4n) is 4.03. The van der Waals surface area contributed by atoms with Crippen molar-refractivity contribution in [1.29, 1.82) is 0 Å². The first kappa shape index (κ1) is 19.2. The third-order valence-corrected chi connectivity index (χ3v) is 5.57. The van der Waals surface area contributed by atoms with Crippen LogP contribution in [0.3, 0.4) is 0 Å². The van der Waals surface area contributed by atoms with E-state index in [2.05, 4.69) is 16.9 Å². The van der Waals surface area contributed by atoms with E-state index in [-0.39, 0.29) is 18.3 Å². The summed E-state index contributed by atoms with van der Waals surface area (Å²) in [6.07, 6.45) is 10.2. The molecule has 2 saturated heterocycles. The summed E-state index contributed by atoms with van der Waals surface area (Å²) < 4.78 is 1.87. The van der Waals surface area contributed by atoms with Crippen molar-refractivity contribution in [2.75, 3.05) is 33.2 Å². The number of imidazole rings is 1. The molecule has 0 unspecified atom stereocenters. The van der Waals surface area contributed by atoms with Crippen molar-refractivity contribution in [3.63, 3.8) is 0 Å².